The van der Waals surface area contributed by atoms with Gasteiger partial charge in [0, 0.05) is 45.5 Å². The third-order valence-corrected chi connectivity index (χ3v) is 7.32. The van der Waals surface area contributed by atoms with E-state index in [9.17, 15) is 18.5 Å². The number of amides is 1. The van der Waals surface area contributed by atoms with Crippen molar-refractivity contribution in [3.05, 3.63) is 35.0 Å². The quantitative estimate of drug-likeness (QED) is 0.407. The van der Waals surface area contributed by atoms with Crippen LogP contribution in [0.2, 0.25) is 5.02 Å². The molecule has 0 atom stereocenters. The molecule has 0 bridgehead atoms. The molecular weight excluding hydrogens is 458 g/mol. The largest absolute Gasteiger partial charge is 0.379 e. The van der Waals surface area contributed by atoms with Gasteiger partial charge in [-0.3, -0.25) is 9.69 Å². The summed E-state index contributed by atoms with van der Waals surface area (Å²) in [5, 5.41) is 15.1. The first-order chi connectivity index (χ1) is 15.4. The third-order valence-electron chi connectivity index (χ3n) is 5.10. The number of nitrogens with one attached hydrogen (secondary N) is 2. The summed E-state index contributed by atoms with van der Waals surface area (Å²) in [5.74, 6) is -0.526. The summed E-state index contributed by atoms with van der Waals surface area (Å²) in [6.45, 7) is 5.24. The zero-order valence-corrected chi connectivity index (χ0v) is 19.1. The van der Waals surface area contributed by atoms with Gasteiger partial charge in [-0.25, -0.2) is 8.42 Å². The second kappa shape index (κ2) is 11.6. The minimum absolute atomic E-state index is 0.0631. The lowest BCUT2D eigenvalue weighted by Gasteiger charge is -2.26. The van der Waals surface area contributed by atoms with E-state index in [4.69, 9.17) is 21.1 Å². The van der Waals surface area contributed by atoms with Gasteiger partial charge in [-0.15, -0.1) is 0 Å². The van der Waals surface area contributed by atoms with Gasteiger partial charge >= 0.3 is 0 Å². The van der Waals surface area contributed by atoms with Crippen LogP contribution in [0.15, 0.2) is 34.9 Å². The van der Waals surface area contributed by atoms with Crippen LogP contribution in [0.4, 0.5) is 5.69 Å². The third kappa shape index (κ3) is 6.41. The standard InChI is InChI=1S/C20H26ClN5O5S/c21-18-2-1-17(32(28,29)26-7-11-31-12-8-26)13-19(18)24-15-16(14-22)20(27)23-3-4-25-5-9-30-10-6-25/h1-2,13,15,24H,3-12H2,(H,23,27)/b16-15-. The molecule has 2 heterocycles. The van der Waals surface area contributed by atoms with Gasteiger partial charge in [0.1, 0.15) is 11.6 Å². The van der Waals surface area contributed by atoms with Crippen molar-refractivity contribution >= 4 is 33.2 Å². The van der Waals surface area contributed by atoms with Crippen LogP contribution < -0.4 is 10.6 Å². The lowest BCUT2D eigenvalue weighted by molar-refractivity contribution is -0.117. The van der Waals surface area contributed by atoms with Crippen LogP contribution in [0.3, 0.4) is 0 Å². The van der Waals surface area contributed by atoms with Crippen molar-refractivity contribution in [1.82, 2.24) is 14.5 Å². The number of halogens is 1. The van der Waals surface area contributed by atoms with Crippen LogP contribution in [0.1, 0.15) is 0 Å². The van der Waals surface area contributed by atoms with Gasteiger partial charge in [-0.05, 0) is 18.2 Å². The summed E-state index contributed by atoms with van der Waals surface area (Å²) < 4.78 is 37.6. The molecule has 1 amide bonds. The molecule has 0 aromatic heterocycles. The van der Waals surface area contributed by atoms with E-state index in [1.807, 2.05) is 6.07 Å². The van der Waals surface area contributed by atoms with E-state index in [0.717, 1.165) is 13.1 Å². The molecule has 2 fully saturated rings. The Labute approximate surface area is 192 Å². The van der Waals surface area contributed by atoms with E-state index >= 15 is 0 Å². The number of sulfonamides is 1. The van der Waals surface area contributed by atoms with Crippen molar-refractivity contribution in [2.75, 3.05) is 71.0 Å². The van der Waals surface area contributed by atoms with Gasteiger partial charge in [-0.1, -0.05) is 11.6 Å². The Morgan fingerprint density at radius 1 is 1.16 bits per heavy atom. The fourth-order valence-electron chi connectivity index (χ4n) is 3.26. The molecular formula is C20H26ClN5O5S. The summed E-state index contributed by atoms with van der Waals surface area (Å²) >= 11 is 6.19. The van der Waals surface area contributed by atoms with Crippen LogP contribution in [-0.2, 0) is 24.3 Å². The SMILES string of the molecule is N#C/C(=C/Nc1cc(S(=O)(=O)N2CCOCC2)ccc1Cl)C(=O)NCCN1CCOCC1. The first-order valence-corrected chi connectivity index (χ1v) is 12.1. The maximum absolute atomic E-state index is 12.9. The summed E-state index contributed by atoms with van der Waals surface area (Å²) in [6.07, 6.45) is 1.22. The molecule has 174 valence electrons. The number of hydrogen-bond acceptors (Lipinski definition) is 8. The second-order valence-electron chi connectivity index (χ2n) is 7.18. The molecule has 10 nitrogen and oxygen atoms in total. The number of nitrogens with zero attached hydrogens (tertiary/aromatic N) is 3. The van der Waals surface area contributed by atoms with Crippen LogP contribution in [0.25, 0.3) is 0 Å². The fraction of sp³-hybridized carbons (Fsp3) is 0.500. The zero-order chi connectivity index (χ0) is 23.0. The minimum atomic E-state index is -3.71. The number of nitriles is 1. The molecule has 2 aliphatic heterocycles. The van der Waals surface area contributed by atoms with Gasteiger partial charge in [0.2, 0.25) is 10.0 Å². The van der Waals surface area contributed by atoms with Crippen molar-refractivity contribution in [3.8, 4) is 6.07 Å². The Morgan fingerprint density at radius 3 is 2.47 bits per heavy atom. The van der Waals surface area contributed by atoms with E-state index in [2.05, 4.69) is 15.5 Å². The molecule has 0 spiro atoms. The Balaban J connectivity index is 1.63. The lowest BCUT2D eigenvalue weighted by atomic mass is 10.2. The highest BCUT2D eigenvalue weighted by Crippen LogP contribution is 2.27. The summed E-state index contributed by atoms with van der Waals surface area (Å²) in [5.41, 5.74) is 0.124. The predicted octanol–water partition coefficient (Wildman–Crippen LogP) is 0.629. The average molecular weight is 484 g/mol. The second-order valence-corrected chi connectivity index (χ2v) is 9.53. The van der Waals surface area contributed by atoms with Gasteiger partial charge in [0.05, 0.1) is 42.0 Å². The minimum Gasteiger partial charge on any atom is -0.379 e. The van der Waals surface area contributed by atoms with E-state index in [1.54, 1.807) is 0 Å². The first-order valence-electron chi connectivity index (χ1n) is 10.2. The number of morpholine rings is 2. The van der Waals surface area contributed by atoms with Crippen LogP contribution in [0, 0.1) is 11.3 Å². The van der Waals surface area contributed by atoms with Crippen molar-refractivity contribution in [2.45, 2.75) is 4.90 Å². The molecule has 0 radical (unpaired) electrons. The Hall–Kier alpha value is -2.20. The Morgan fingerprint density at radius 2 is 1.81 bits per heavy atom. The van der Waals surface area contributed by atoms with E-state index < -0.39 is 15.9 Å². The summed E-state index contributed by atoms with van der Waals surface area (Å²) in [7, 11) is -3.71. The van der Waals surface area contributed by atoms with Crippen molar-refractivity contribution < 1.29 is 22.7 Å². The Kier molecular flexibility index (Phi) is 8.86. The van der Waals surface area contributed by atoms with Crippen LogP contribution in [-0.4, -0.2) is 89.2 Å². The van der Waals surface area contributed by atoms with E-state index in [0.29, 0.717) is 39.5 Å². The lowest BCUT2D eigenvalue weighted by Crippen LogP contribution is -2.41. The molecule has 2 saturated heterocycles. The highest BCUT2D eigenvalue weighted by atomic mass is 35.5. The predicted molar refractivity (Wildman–Crippen MR) is 119 cm³/mol. The molecule has 12 heteroatoms. The zero-order valence-electron chi connectivity index (χ0n) is 17.5. The molecule has 2 aliphatic rings. The summed E-state index contributed by atoms with van der Waals surface area (Å²) in [4.78, 5) is 14.6. The van der Waals surface area contributed by atoms with Gasteiger partial charge < -0.3 is 20.1 Å². The van der Waals surface area contributed by atoms with Gasteiger partial charge in [-0.2, -0.15) is 9.57 Å². The summed E-state index contributed by atoms with van der Waals surface area (Å²) in [6, 6.07) is 6.11. The monoisotopic (exact) mass is 483 g/mol. The number of benzene rings is 1. The topological polar surface area (TPSA) is 124 Å². The van der Waals surface area contributed by atoms with E-state index in [1.165, 1.54) is 28.7 Å². The van der Waals surface area contributed by atoms with Crippen molar-refractivity contribution in [1.29, 1.82) is 5.26 Å². The normalized spacial score (nSPS) is 18.7. The van der Waals surface area contributed by atoms with Crippen molar-refractivity contribution in [2.24, 2.45) is 0 Å². The highest BCUT2D eigenvalue weighted by Gasteiger charge is 2.26. The Bertz CT molecular complexity index is 983. The molecule has 0 saturated carbocycles. The van der Waals surface area contributed by atoms with Gasteiger partial charge in [0.15, 0.2) is 0 Å². The average Bonchev–Trinajstić information content (AvgIpc) is 2.81. The number of ether oxygens (including phenoxy) is 2. The maximum Gasteiger partial charge on any atom is 0.263 e. The molecule has 3 rings (SSSR count). The smallest absolute Gasteiger partial charge is 0.263 e. The number of carbonyl (C=O) groups excluding carboxylic acids is 1. The van der Waals surface area contributed by atoms with Crippen LogP contribution >= 0.6 is 11.6 Å². The molecule has 1 aromatic rings. The molecule has 1 aromatic carbocycles. The van der Waals surface area contributed by atoms with E-state index in [-0.39, 0.29) is 34.3 Å². The number of hydrogen-bond donors (Lipinski definition) is 2. The number of rotatable bonds is 8. The molecule has 0 aliphatic carbocycles. The fourth-order valence-corrected chi connectivity index (χ4v) is 4.86. The highest BCUT2D eigenvalue weighted by molar-refractivity contribution is 7.89. The molecule has 2 N–H and O–H groups in total. The number of anilines is 1. The first kappa shape index (κ1) is 24.4. The van der Waals surface area contributed by atoms with Crippen molar-refractivity contribution in [3.63, 3.8) is 0 Å². The molecule has 32 heavy (non-hydrogen) atoms. The maximum atomic E-state index is 12.9. The van der Waals surface area contributed by atoms with Gasteiger partial charge in [0.25, 0.3) is 5.91 Å². The van der Waals surface area contributed by atoms with Crippen LogP contribution in [0.5, 0.6) is 0 Å². The number of carbonyl (C=O) groups is 1. The molecule has 0 unspecified atom stereocenters.